The minimum Gasteiger partial charge on any atom is -0.477 e. The maximum Gasteiger partial charge on any atom is 0.217 e. The van der Waals surface area contributed by atoms with E-state index in [-0.39, 0.29) is 0 Å². The normalized spacial score (nSPS) is 14.6. The highest BCUT2D eigenvalue weighted by Gasteiger charge is 2.20. The lowest BCUT2D eigenvalue weighted by atomic mass is 10.2. The molecule has 1 aliphatic rings. The molecule has 2 rings (SSSR count). The van der Waals surface area contributed by atoms with E-state index in [1.165, 1.54) is 12.8 Å². The van der Waals surface area contributed by atoms with Crippen molar-refractivity contribution < 1.29 is 4.74 Å². The van der Waals surface area contributed by atoms with Crippen LogP contribution in [0.25, 0.3) is 0 Å². The Morgan fingerprint density at radius 1 is 1.53 bits per heavy atom. The number of hydrogen-bond acceptors (Lipinski definition) is 3. The summed E-state index contributed by atoms with van der Waals surface area (Å²) in [5.41, 5.74) is 1.15. The molecule has 0 spiro atoms. The first-order valence-electron chi connectivity index (χ1n) is 6.31. The van der Waals surface area contributed by atoms with Gasteiger partial charge in [0.15, 0.2) is 0 Å². The van der Waals surface area contributed by atoms with Crippen LogP contribution in [-0.2, 0) is 6.54 Å². The van der Waals surface area contributed by atoms with Gasteiger partial charge in [-0.05, 0) is 31.7 Å². The number of nitrogens with one attached hydrogen (secondary N) is 1. The molecule has 92 valence electrons. The molecule has 0 bridgehead atoms. The van der Waals surface area contributed by atoms with E-state index in [4.69, 9.17) is 4.74 Å². The highest BCUT2D eigenvalue weighted by Crippen LogP contribution is 2.21. The van der Waals surface area contributed by atoms with Gasteiger partial charge in [-0.3, -0.25) is 0 Å². The highest BCUT2D eigenvalue weighted by molar-refractivity contribution is 5.25. The lowest BCUT2D eigenvalue weighted by molar-refractivity contribution is 0.296. The van der Waals surface area contributed by atoms with Crippen molar-refractivity contribution in [1.29, 1.82) is 0 Å². The van der Waals surface area contributed by atoms with Crippen molar-refractivity contribution >= 4 is 0 Å². The van der Waals surface area contributed by atoms with Crippen LogP contribution in [-0.4, -0.2) is 17.6 Å². The fourth-order valence-electron chi connectivity index (χ4n) is 1.63. The monoisotopic (exact) mass is 232 g/mol. The predicted octanol–water partition coefficient (Wildman–Crippen LogP) is 2.68. The summed E-state index contributed by atoms with van der Waals surface area (Å²) in [7, 11) is 0. The molecule has 1 heterocycles. The number of pyridine rings is 1. The molecule has 0 saturated heterocycles. The molecule has 1 aromatic heterocycles. The van der Waals surface area contributed by atoms with E-state index in [2.05, 4.69) is 22.9 Å². The molecule has 1 aliphatic carbocycles. The van der Waals surface area contributed by atoms with Crippen molar-refractivity contribution in [3.05, 3.63) is 36.5 Å². The first kappa shape index (κ1) is 12.1. The number of unbranched alkanes of at least 4 members (excludes halogenated alkanes) is 1. The zero-order valence-corrected chi connectivity index (χ0v) is 10.2. The third kappa shape index (κ3) is 4.19. The van der Waals surface area contributed by atoms with Crippen LogP contribution in [0.3, 0.4) is 0 Å². The predicted molar refractivity (Wildman–Crippen MR) is 69.0 cm³/mol. The fourth-order valence-corrected chi connectivity index (χ4v) is 1.63. The Bertz CT molecular complexity index is 361. The zero-order chi connectivity index (χ0) is 11.9. The minimum atomic E-state index is 0.708. The van der Waals surface area contributed by atoms with E-state index in [1.54, 1.807) is 6.20 Å². The molecule has 0 amide bonds. The second-order valence-corrected chi connectivity index (χ2v) is 4.40. The van der Waals surface area contributed by atoms with Gasteiger partial charge in [-0.25, -0.2) is 4.98 Å². The third-order valence-electron chi connectivity index (χ3n) is 2.80. The van der Waals surface area contributed by atoms with Crippen molar-refractivity contribution in [1.82, 2.24) is 10.3 Å². The average Bonchev–Trinajstić information content (AvgIpc) is 3.17. The van der Waals surface area contributed by atoms with Crippen LogP contribution in [0.15, 0.2) is 31.0 Å². The van der Waals surface area contributed by atoms with Gasteiger partial charge in [-0.1, -0.05) is 12.1 Å². The van der Waals surface area contributed by atoms with Gasteiger partial charge in [-0.2, -0.15) is 0 Å². The van der Waals surface area contributed by atoms with Crippen LogP contribution in [0, 0.1) is 0 Å². The Kier molecular flexibility index (Phi) is 4.56. The standard InChI is InChI=1S/C14H20N2O/c1-2-3-4-10-17-14-12(6-5-9-15-14)11-16-13-7-8-13/h2,5-6,9,13,16H,1,3-4,7-8,10-11H2. The fraction of sp³-hybridized carbons (Fsp3) is 0.500. The molecule has 3 nitrogen and oxygen atoms in total. The summed E-state index contributed by atoms with van der Waals surface area (Å²) in [6, 6.07) is 4.75. The number of aromatic nitrogens is 1. The summed E-state index contributed by atoms with van der Waals surface area (Å²) >= 11 is 0. The zero-order valence-electron chi connectivity index (χ0n) is 10.2. The van der Waals surface area contributed by atoms with Crippen molar-refractivity contribution in [2.24, 2.45) is 0 Å². The van der Waals surface area contributed by atoms with Gasteiger partial charge in [0.25, 0.3) is 0 Å². The van der Waals surface area contributed by atoms with Gasteiger partial charge in [0, 0.05) is 24.3 Å². The number of nitrogens with zero attached hydrogens (tertiary/aromatic N) is 1. The molecule has 1 aromatic rings. The lowest BCUT2D eigenvalue weighted by Gasteiger charge is -2.10. The molecule has 1 N–H and O–H groups in total. The minimum absolute atomic E-state index is 0.708. The third-order valence-corrected chi connectivity index (χ3v) is 2.80. The van der Waals surface area contributed by atoms with Crippen LogP contribution in [0.4, 0.5) is 0 Å². The number of allylic oxidation sites excluding steroid dienone is 1. The Morgan fingerprint density at radius 2 is 2.41 bits per heavy atom. The van der Waals surface area contributed by atoms with Gasteiger partial charge < -0.3 is 10.1 Å². The molecule has 0 radical (unpaired) electrons. The van der Waals surface area contributed by atoms with E-state index in [0.717, 1.165) is 30.8 Å². The molecule has 1 fully saturated rings. The molecule has 0 atom stereocenters. The van der Waals surface area contributed by atoms with Crippen LogP contribution in [0.5, 0.6) is 5.88 Å². The number of hydrogen-bond donors (Lipinski definition) is 1. The average molecular weight is 232 g/mol. The summed E-state index contributed by atoms with van der Waals surface area (Å²) in [5.74, 6) is 0.768. The van der Waals surface area contributed by atoms with Crippen LogP contribution in [0.2, 0.25) is 0 Å². The summed E-state index contributed by atoms with van der Waals surface area (Å²) in [6.45, 7) is 5.26. The summed E-state index contributed by atoms with van der Waals surface area (Å²) in [5, 5.41) is 3.48. The van der Waals surface area contributed by atoms with Gasteiger partial charge in [-0.15, -0.1) is 6.58 Å². The molecule has 17 heavy (non-hydrogen) atoms. The second-order valence-electron chi connectivity index (χ2n) is 4.40. The van der Waals surface area contributed by atoms with E-state index in [1.807, 2.05) is 12.1 Å². The van der Waals surface area contributed by atoms with Gasteiger partial charge in [0.1, 0.15) is 0 Å². The van der Waals surface area contributed by atoms with Crippen LogP contribution >= 0.6 is 0 Å². The molecule has 3 heteroatoms. The van der Waals surface area contributed by atoms with Crippen molar-refractivity contribution in [3.63, 3.8) is 0 Å². The molecule has 0 aromatic carbocycles. The smallest absolute Gasteiger partial charge is 0.217 e. The van der Waals surface area contributed by atoms with E-state index in [0.29, 0.717) is 12.6 Å². The van der Waals surface area contributed by atoms with E-state index < -0.39 is 0 Å². The first-order valence-corrected chi connectivity index (χ1v) is 6.31. The quantitative estimate of drug-likeness (QED) is 0.552. The Morgan fingerprint density at radius 3 is 3.18 bits per heavy atom. The molecular formula is C14H20N2O. The van der Waals surface area contributed by atoms with Crippen LogP contribution < -0.4 is 10.1 Å². The van der Waals surface area contributed by atoms with E-state index in [9.17, 15) is 0 Å². The van der Waals surface area contributed by atoms with Crippen molar-refractivity contribution in [2.75, 3.05) is 6.61 Å². The Balaban J connectivity index is 1.82. The highest BCUT2D eigenvalue weighted by atomic mass is 16.5. The maximum absolute atomic E-state index is 5.69. The van der Waals surface area contributed by atoms with E-state index >= 15 is 0 Å². The summed E-state index contributed by atoms with van der Waals surface area (Å²) < 4.78 is 5.69. The summed E-state index contributed by atoms with van der Waals surface area (Å²) in [6.07, 6.45) is 8.28. The van der Waals surface area contributed by atoms with Crippen molar-refractivity contribution in [3.8, 4) is 5.88 Å². The SMILES string of the molecule is C=CCCCOc1ncccc1CNC1CC1. The lowest BCUT2D eigenvalue weighted by Crippen LogP contribution is -2.16. The van der Waals surface area contributed by atoms with Gasteiger partial charge in [0.05, 0.1) is 6.61 Å². The van der Waals surface area contributed by atoms with Crippen molar-refractivity contribution in [2.45, 2.75) is 38.3 Å². The summed E-state index contributed by atoms with van der Waals surface area (Å²) in [4.78, 5) is 4.29. The molecule has 0 aliphatic heterocycles. The second kappa shape index (κ2) is 6.40. The van der Waals surface area contributed by atoms with Crippen LogP contribution in [0.1, 0.15) is 31.2 Å². The molecule has 0 unspecified atom stereocenters. The molecule has 1 saturated carbocycles. The van der Waals surface area contributed by atoms with Gasteiger partial charge >= 0.3 is 0 Å². The topological polar surface area (TPSA) is 34.1 Å². The Labute approximate surface area is 103 Å². The largest absolute Gasteiger partial charge is 0.477 e. The Hall–Kier alpha value is -1.35. The first-order chi connectivity index (χ1) is 8.40. The maximum atomic E-state index is 5.69. The molecular weight excluding hydrogens is 212 g/mol. The number of ether oxygens (including phenoxy) is 1. The van der Waals surface area contributed by atoms with Gasteiger partial charge in [0.2, 0.25) is 5.88 Å². The number of rotatable bonds is 8.